The average molecular weight is 455 g/mol. The molecule has 0 saturated carbocycles. The fraction of sp³-hybridized carbons (Fsp3) is 0.417. The molecular formula is C24H30N4O5. The minimum absolute atomic E-state index is 0.0408. The summed E-state index contributed by atoms with van der Waals surface area (Å²) in [4.78, 5) is 40.0. The number of nitrogens with one attached hydrogen (secondary N) is 1. The summed E-state index contributed by atoms with van der Waals surface area (Å²) in [5, 5.41) is 13.8. The first-order valence-electron chi connectivity index (χ1n) is 11.1. The standard InChI is InChI=1S/C24H30N4O5/c1-3-13-27(17-23(29)25-21-10-9-20(28(31)32)16-22(21)33-2)19-11-14-26(15-12-19)24(30)18-7-5-4-6-8-18/h4-10,16,19H,3,11-15,17H2,1-2H3,(H,25,29). The molecular weight excluding hydrogens is 424 g/mol. The summed E-state index contributed by atoms with van der Waals surface area (Å²) in [5.41, 5.74) is 0.986. The van der Waals surface area contributed by atoms with Crippen LogP contribution >= 0.6 is 0 Å². The second-order valence-electron chi connectivity index (χ2n) is 8.05. The lowest BCUT2D eigenvalue weighted by Gasteiger charge is -2.38. The van der Waals surface area contributed by atoms with E-state index in [1.165, 1.54) is 25.3 Å². The van der Waals surface area contributed by atoms with E-state index < -0.39 is 4.92 Å². The van der Waals surface area contributed by atoms with Crippen LogP contribution in [0.25, 0.3) is 0 Å². The smallest absolute Gasteiger partial charge is 0.273 e. The number of hydrogen-bond donors (Lipinski definition) is 1. The van der Waals surface area contributed by atoms with Gasteiger partial charge >= 0.3 is 0 Å². The van der Waals surface area contributed by atoms with Gasteiger partial charge in [-0.3, -0.25) is 24.6 Å². The Morgan fingerprint density at radius 3 is 2.48 bits per heavy atom. The number of methoxy groups -OCH3 is 1. The maximum Gasteiger partial charge on any atom is 0.273 e. The van der Waals surface area contributed by atoms with E-state index in [0.29, 0.717) is 24.3 Å². The number of nitrogens with zero attached hydrogens (tertiary/aromatic N) is 3. The maximum atomic E-state index is 12.8. The third kappa shape index (κ3) is 6.29. The summed E-state index contributed by atoms with van der Waals surface area (Å²) in [6.07, 6.45) is 2.50. The van der Waals surface area contributed by atoms with Gasteiger partial charge in [-0.25, -0.2) is 0 Å². The monoisotopic (exact) mass is 454 g/mol. The lowest BCUT2D eigenvalue weighted by Crippen LogP contribution is -2.49. The zero-order valence-electron chi connectivity index (χ0n) is 19.0. The topological polar surface area (TPSA) is 105 Å². The third-order valence-electron chi connectivity index (χ3n) is 5.82. The molecule has 176 valence electrons. The summed E-state index contributed by atoms with van der Waals surface area (Å²) < 4.78 is 5.21. The number of hydrogen-bond acceptors (Lipinski definition) is 6. The van der Waals surface area contributed by atoms with Crippen molar-refractivity contribution in [3.8, 4) is 5.75 Å². The van der Waals surface area contributed by atoms with Gasteiger partial charge in [0.2, 0.25) is 5.91 Å². The number of nitro groups is 1. The number of ether oxygens (including phenoxy) is 1. The second-order valence-corrected chi connectivity index (χ2v) is 8.05. The van der Waals surface area contributed by atoms with Crippen molar-refractivity contribution in [3.05, 3.63) is 64.2 Å². The number of rotatable bonds is 9. The molecule has 1 saturated heterocycles. The number of non-ortho nitro benzene ring substituents is 1. The minimum Gasteiger partial charge on any atom is -0.494 e. The van der Waals surface area contributed by atoms with Gasteiger partial charge in [0, 0.05) is 30.8 Å². The molecule has 0 aliphatic carbocycles. The Kier molecular flexibility index (Phi) is 8.37. The van der Waals surface area contributed by atoms with Gasteiger partial charge in [0.25, 0.3) is 11.6 Å². The second kappa shape index (κ2) is 11.4. The fourth-order valence-corrected chi connectivity index (χ4v) is 4.15. The average Bonchev–Trinajstić information content (AvgIpc) is 2.84. The normalized spacial score (nSPS) is 14.2. The number of nitro benzene ring substituents is 1. The van der Waals surface area contributed by atoms with E-state index >= 15 is 0 Å². The molecule has 1 aliphatic heterocycles. The third-order valence-corrected chi connectivity index (χ3v) is 5.82. The summed E-state index contributed by atoms with van der Waals surface area (Å²) in [5.74, 6) is 0.0739. The van der Waals surface area contributed by atoms with Gasteiger partial charge in [-0.05, 0) is 44.0 Å². The van der Waals surface area contributed by atoms with Crippen molar-refractivity contribution in [2.24, 2.45) is 0 Å². The number of carbonyl (C=O) groups is 2. The van der Waals surface area contributed by atoms with Crippen LogP contribution in [0.2, 0.25) is 0 Å². The first-order valence-corrected chi connectivity index (χ1v) is 11.1. The quantitative estimate of drug-likeness (QED) is 0.459. The highest BCUT2D eigenvalue weighted by Gasteiger charge is 2.28. The Labute approximate surface area is 193 Å². The molecule has 0 radical (unpaired) electrons. The highest BCUT2D eigenvalue weighted by atomic mass is 16.6. The Morgan fingerprint density at radius 1 is 1.18 bits per heavy atom. The number of benzene rings is 2. The van der Waals surface area contributed by atoms with Crippen LogP contribution in [0.15, 0.2) is 48.5 Å². The van der Waals surface area contributed by atoms with Crippen molar-refractivity contribution in [1.29, 1.82) is 0 Å². The Balaban J connectivity index is 1.59. The molecule has 1 heterocycles. The molecule has 33 heavy (non-hydrogen) atoms. The summed E-state index contributed by atoms with van der Waals surface area (Å²) in [6.45, 7) is 4.33. The first kappa shape index (κ1) is 24.2. The number of likely N-dealkylation sites (tertiary alicyclic amines) is 1. The molecule has 9 nitrogen and oxygen atoms in total. The number of piperidine rings is 1. The highest BCUT2D eigenvalue weighted by molar-refractivity contribution is 5.94. The van der Waals surface area contributed by atoms with Gasteiger partial charge in [0.05, 0.1) is 30.3 Å². The maximum absolute atomic E-state index is 12.8. The van der Waals surface area contributed by atoms with Crippen LogP contribution in [-0.4, -0.2) is 65.9 Å². The molecule has 2 amide bonds. The van der Waals surface area contributed by atoms with Crippen LogP contribution in [-0.2, 0) is 4.79 Å². The predicted octanol–water partition coefficient (Wildman–Crippen LogP) is 3.56. The zero-order valence-corrected chi connectivity index (χ0v) is 19.0. The number of anilines is 1. The molecule has 9 heteroatoms. The van der Waals surface area contributed by atoms with Crippen LogP contribution in [0.4, 0.5) is 11.4 Å². The molecule has 0 atom stereocenters. The van der Waals surface area contributed by atoms with Crippen molar-refractivity contribution < 1.29 is 19.2 Å². The van der Waals surface area contributed by atoms with Crippen molar-refractivity contribution in [2.75, 3.05) is 38.6 Å². The Morgan fingerprint density at radius 2 is 1.88 bits per heavy atom. The molecule has 0 bridgehead atoms. The van der Waals surface area contributed by atoms with Crippen molar-refractivity contribution in [2.45, 2.75) is 32.2 Å². The molecule has 0 unspecified atom stereocenters. The zero-order chi connectivity index (χ0) is 23.8. The Bertz CT molecular complexity index is 974. The largest absolute Gasteiger partial charge is 0.494 e. The number of carbonyl (C=O) groups excluding carboxylic acids is 2. The SMILES string of the molecule is CCCN(CC(=O)Nc1ccc([N+](=O)[O-])cc1OC)C1CCN(C(=O)c2ccccc2)CC1. The van der Waals surface area contributed by atoms with E-state index in [4.69, 9.17) is 4.74 Å². The van der Waals surface area contributed by atoms with Crippen LogP contribution < -0.4 is 10.1 Å². The van der Waals surface area contributed by atoms with Gasteiger partial charge in [0.1, 0.15) is 5.75 Å². The Hall–Kier alpha value is -3.46. The lowest BCUT2D eigenvalue weighted by atomic mass is 10.0. The van der Waals surface area contributed by atoms with Crippen LogP contribution in [0.3, 0.4) is 0 Å². The molecule has 2 aromatic rings. The van der Waals surface area contributed by atoms with Crippen LogP contribution in [0.5, 0.6) is 5.75 Å². The van der Waals surface area contributed by atoms with Crippen LogP contribution in [0, 0.1) is 10.1 Å². The minimum atomic E-state index is -0.508. The van der Waals surface area contributed by atoms with Gasteiger partial charge in [-0.1, -0.05) is 25.1 Å². The van der Waals surface area contributed by atoms with E-state index in [0.717, 1.165) is 25.8 Å². The lowest BCUT2D eigenvalue weighted by molar-refractivity contribution is -0.384. The summed E-state index contributed by atoms with van der Waals surface area (Å²) in [6, 6.07) is 13.6. The first-order chi connectivity index (χ1) is 15.9. The van der Waals surface area contributed by atoms with Crippen molar-refractivity contribution >= 4 is 23.2 Å². The van der Waals surface area contributed by atoms with E-state index in [2.05, 4.69) is 17.1 Å². The highest BCUT2D eigenvalue weighted by Crippen LogP contribution is 2.29. The molecule has 1 aliphatic rings. The summed E-state index contributed by atoms with van der Waals surface area (Å²) in [7, 11) is 1.41. The van der Waals surface area contributed by atoms with Gasteiger partial charge < -0.3 is 15.0 Å². The fourth-order valence-electron chi connectivity index (χ4n) is 4.15. The van der Waals surface area contributed by atoms with E-state index in [9.17, 15) is 19.7 Å². The predicted molar refractivity (Wildman–Crippen MR) is 126 cm³/mol. The van der Waals surface area contributed by atoms with Crippen LogP contribution in [0.1, 0.15) is 36.5 Å². The van der Waals surface area contributed by atoms with Crippen molar-refractivity contribution in [3.63, 3.8) is 0 Å². The molecule has 0 aromatic heterocycles. The van der Waals surface area contributed by atoms with E-state index in [1.54, 1.807) is 0 Å². The molecule has 0 spiro atoms. The molecule has 3 rings (SSSR count). The van der Waals surface area contributed by atoms with E-state index in [-0.39, 0.29) is 35.8 Å². The molecule has 1 fully saturated rings. The van der Waals surface area contributed by atoms with Crippen molar-refractivity contribution in [1.82, 2.24) is 9.80 Å². The van der Waals surface area contributed by atoms with Gasteiger partial charge in [-0.2, -0.15) is 0 Å². The number of amides is 2. The van der Waals surface area contributed by atoms with Gasteiger partial charge in [0.15, 0.2) is 0 Å². The molecule has 2 aromatic carbocycles. The van der Waals surface area contributed by atoms with E-state index in [1.807, 2.05) is 35.2 Å². The summed E-state index contributed by atoms with van der Waals surface area (Å²) >= 11 is 0. The molecule has 1 N–H and O–H groups in total. The van der Waals surface area contributed by atoms with Gasteiger partial charge in [-0.15, -0.1) is 0 Å².